The molecule has 1 amide bonds. The zero-order valence-corrected chi connectivity index (χ0v) is 39.9. The summed E-state index contributed by atoms with van der Waals surface area (Å²) in [4.78, 5) is 18.9. The Morgan fingerprint density at radius 2 is 1.30 bits per heavy atom. The molecule has 0 radical (unpaired) electrons. The van der Waals surface area contributed by atoms with Gasteiger partial charge in [0.1, 0.15) is 11.7 Å². The highest BCUT2D eigenvalue weighted by atomic mass is 32.2. The van der Waals surface area contributed by atoms with Gasteiger partial charge in [-0.2, -0.15) is 4.72 Å². The molecule has 1 fully saturated rings. The zero-order valence-electron chi connectivity index (χ0n) is 38.3. The van der Waals surface area contributed by atoms with Crippen LogP contribution >= 0.6 is 11.8 Å². The lowest BCUT2D eigenvalue weighted by molar-refractivity contribution is -0.268. The topological polar surface area (TPSA) is 140 Å². The highest BCUT2D eigenvalue weighted by Crippen LogP contribution is 2.44. The summed E-state index contributed by atoms with van der Waals surface area (Å²) < 4.78 is 49.6. The van der Waals surface area contributed by atoms with Crippen LogP contribution in [0, 0.1) is 12.8 Å². The minimum atomic E-state index is -3.98. The lowest BCUT2D eigenvalue weighted by atomic mass is 9.91. The first-order valence-electron chi connectivity index (χ1n) is 22.9. The van der Waals surface area contributed by atoms with Crippen LogP contribution in [0.4, 0.5) is 0 Å². The summed E-state index contributed by atoms with van der Waals surface area (Å²) in [5.41, 5.74) is 9.90. The Morgan fingerprint density at radius 3 is 1.99 bits per heavy atom. The maximum atomic E-state index is 13.8. The molecule has 0 saturated carbocycles. The molecule has 1 aliphatic rings. The van der Waals surface area contributed by atoms with Crippen LogP contribution in [0.5, 0.6) is 0 Å². The fraction of sp³-hybridized carbons (Fsp3) is 0.193. The Bertz CT molecular complexity index is 3000. The number of thioether (sulfide) groups is 1. The summed E-state index contributed by atoms with van der Waals surface area (Å²) in [6.45, 7) is 4.17. The van der Waals surface area contributed by atoms with Gasteiger partial charge in [0.15, 0.2) is 12.1 Å². The van der Waals surface area contributed by atoms with E-state index in [4.69, 9.17) is 18.9 Å². The Kier molecular flexibility index (Phi) is 15.0. The van der Waals surface area contributed by atoms with Crippen LogP contribution in [0.15, 0.2) is 203 Å². The third-order valence-electron chi connectivity index (χ3n) is 12.3. The lowest BCUT2D eigenvalue weighted by Gasteiger charge is -2.41. The number of carbonyl (C=O) groups is 1. The molecule has 350 valence electrons. The van der Waals surface area contributed by atoms with E-state index >= 15 is 0 Å². The van der Waals surface area contributed by atoms with Crippen molar-refractivity contribution in [3.8, 4) is 33.7 Å². The number of sulfonamides is 1. The van der Waals surface area contributed by atoms with Gasteiger partial charge in [-0.15, -0.1) is 0 Å². The SMILES string of the molecule is Cc1ccc(S(=O)(=O)N[C@H](Cc2ccccc2)C(=O)NCc2cccc(-c3ccc([C@@H]4O[C@H](CSc5nc(-c6ccccc6)c(-c6ccccc6)o5)[C@H](C)[C@H](c5ccc(CO)cc5)O4)cc3)c2)cc1. The van der Waals surface area contributed by atoms with Crippen LogP contribution in [0.2, 0.25) is 0 Å². The number of hydrogen-bond acceptors (Lipinski definition) is 9. The Morgan fingerprint density at radius 1 is 0.681 bits per heavy atom. The molecule has 1 aromatic heterocycles. The largest absolute Gasteiger partial charge is 0.431 e. The molecule has 0 unspecified atom stereocenters. The summed E-state index contributed by atoms with van der Waals surface area (Å²) in [6, 6.07) is 58.8. The van der Waals surface area contributed by atoms with E-state index in [1.54, 1.807) is 24.3 Å². The standard InChI is InChI=1S/C57H53N3O7S2/c1-38-21-31-49(32-22-38)69(63,64)60-50(34-40-13-6-3-7-14-40)55(62)58-35-42-15-12-20-48(33-42)43-27-29-47(30-28-43)56-65-51(39(2)53(66-56)46-25-23-41(36-61)24-26-46)37-68-57-59-52(44-16-8-4-9-17-44)54(67-57)45-18-10-5-11-19-45/h3-33,39,50-51,53,56,60-61H,34-37H2,1-2H3,(H,58,62)/t39-,50+,51+,53+,56+/m0/s1. The van der Waals surface area contributed by atoms with Crippen molar-refractivity contribution >= 4 is 27.7 Å². The lowest BCUT2D eigenvalue weighted by Crippen LogP contribution is -2.47. The first-order chi connectivity index (χ1) is 33.6. The molecule has 0 bridgehead atoms. The third-order valence-corrected chi connectivity index (χ3v) is 14.7. The van der Waals surface area contributed by atoms with Crippen molar-refractivity contribution < 1.29 is 32.2 Å². The number of rotatable bonds is 17. The van der Waals surface area contributed by atoms with E-state index in [9.17, 15) is 18.3 Å². The molecule has 8 aromatic rings. The average molecular weight is 956 g/mol. The molecule has 0 aliphatic carbocycles. The summed E-state index contributed by atoms with van der Waals surface area (Å²) in [6.07, 6.45) is -1.05. The van der Waals surface area contributed by atoms with E-state index < -0.39 is 28.3 Å². The first-order valence-corrected chi connectivity index (χ1v) is 25.4. The van der Waals surface area contributed by atoms with Gasteiger partial charge in [0.25, 0.3) is 5.22 Å². The molecule has 12 heteroatoms. The van der Waals surface area contributed by atoms with Gasteiger partial charge in [-0.1, -0.05) is 194 Å². The van der Waals surface area contributed by atoms with E-state index in [0.717, 1.165) is 61.3 Å². The fourth-order valence-corrected chi connectivity index (χ4v) is 10.6. The van der Waals surface area contributed by atoms with Crippen molar-refractivity contribution in [3.05, 3.63) is 221 Å². The number of aryl methyl sites for hydroxylation is 1. The molecule has 1 aliphatic heterocycles. The first kappa shape index (κ1) is 47.4. The van der Waals surface area contributed by atoms with Gasteiger partial charge in [0.05, 0.1) is 23.7 Å². The highest BCUT2D eigenvalue weighted by molar-refractivity contribution is 7.99. The molecule has 3 N–H and O–H groups in total. The number of ether oxygens (including phenoxy) is 2. The second-order valence-corrected chi connectivity index (χ2v) is 19.9. The second kappa shape index (κ2) is 21.8. The quantitative estimate of drug-likeness (QED) is 0.0761. The monoisotopic (exact) mass is 955 g/mol. The number of oxazole rings is 1. The van der Waals surface area contributed by atoms with Crippen LogP contribution < -0.4 is 10.0 Å². The van der Waals surface area contributed by atoms with Gasteiger partial charge in [-0.3, -0.25) is 4.79 Å². The van der Waals surface area contributed by atoms with Crippen molar-refractivity contribution in [3.63, 3.8) is 0 Å². The molecule has 2 heterocycles. The number of amides is 1. The maximum Gasteiger partial charge on any atom is 0.256 e. The normalized spacial score (nSPS) is 17.6. The minimum absolute atomic E-state index is 0.0452. The number of nitrogens with one attached hydrogen (secondary N) is 2. The molecule has 1 saturated heterocycles. The zero-order chi connectivity index (χ0) is 47.7. The minimum Gasteiger partial charge on any atom is -0.431 e. The molecular weight excluding hydrogens is 903 g/mol. The average Bonchev–Trinajstić information content (AvgIpc) is 3.83. The molecule has 0 spiro atoms. The van der Waals surface area contributed by atoms with Crippen LogP contribution in [-0.4, -0.2) is 42.3 Å². The van der Waals surface area contributed by atoms with Gasteiger partial charge in [0, 0.05) is 34.9 Å². The molecule has 5 atom stereocenters. The molecule has 7 aromatic carbocycles. The number of aliphatic hydroxyl groups excluding tert-OH is 1. The summed E-state index contributed by atoms with van der Waals surface area (Å²) in [5.74, 6) is 0.796. The van der Waals surface area contributed by atoms with Crippen molar-refractivity contribution in [2.45, 2.75) is 68.1 Å². The highest BCUT2D eigenvalue weighted by Gasteiger charge is 2.39. The summed E-state index contributed by atoms with van der Waals surface area (Å²) in [7, 11) is -3.98. The van der Waals surface area contributed by atoms with Crippen LogP contribution in [-0.2, 0) is 43.9 Å². The van der Waals surface area contributed by atoms with Crippen molar-refractivity contribution in [2.75, 3.05) is 5.75 Å². The van der Waals surface area contributed by atoms with Gasteiger partial charge < -0.3 is 24.3 Å². The van der Waals surface area contributed by atoms with E-state index in [0.29, 0.717) is 16.7 Å². The van der Waals surface area contributed by atoms with E-state index in [1.165, 1.54) is 11.8 Å². The van der Waals surface area contributed by atoms with Gasteiger partial charge in [-0.05, 0) is 64.9 Å². The smallest absolute Gasteiger partial charge is 0.256 e. The van der Waals surface area contributed by atoms with Crippen molar-refractivity contribution in [1.29, 1.82) is 0 Å². The van der Waals surface area contributed by atoms with E-state index in [1.807, 2.05) is 171 Å². The van der Waals surface area contributed by atoms with E-state index in [2.05, 4.69) is 17.0 Å². The number of hydrogen-bond donors (Lipinski definition) is 3. The van der Waals surface area contributed by atoms with Crippen LogP contribution in [0.25, 0.3) is 33.7 Å². The molecular formula is C57H53N3O7S2. The number of benzene rings is 7. The molecule has 69 heavy (non-hydrogen) atoms. The Labute approximate surface area is 407 Å². The molecule has 10 nitrogen and oxygen atoms in total. The maximum absolute atomic E-state index is 13.8. The van der Waals surface area contributed by atoms with E-state index in [-0.39, 0.29) is 42.6 Å². The third kappa shape index (κ3) is 11.6. The van der Waals surface area contributed by atoms with Crippen LogP contribution in [0.3, 0.4) is 0 Å². The summed E-state index contributed by atoms with van der Waals surface area (Å²) in [5, 5.41) is 13.3. The fourth-order valence-electron chi connectivity index (χ4n) is 8.42. The number of aliphatic hydroxyl groups is 1. The molecule has 9 rings (SSSR count). The van der Waals surface area contributed by atoms with Gasteiger partial charge in [-0.25, -0.2) is 13.4 Å². The van der Waals surface area contributed by atoms with Gasteiger partial charge in [0.2, 0.25) is 15.9 Å². The number of nitrogens with zero attached hydrogens (tertiary/aromatic N) is 1. The Hall–Kier alpha value is -6.64. The van der Waals surface area contributed by atoms with Crippen LogP contribution in [0.1, 0.15) is 52.7 Å². The predicted molar refractivity (Wildman–Crippen MR) is 270 cm³/mol. The summed E-state index contributed by atoms with van der Waals surface area (Å²) >= 11 is 1.52. The second-order valence-electron chi connectivity index (χ2n) is 17.2. The van der Waals surface area contributed by atoms with Gasteiger partial charge >= 0.3 is 0 Å². The van der Waals surface area contributed by atoms with Crippen molar-refractivity contribution in [2.24, 2.45) is 5.92 Å². The number of aromatic nitrogens is 1. The van der Waals surface area contributed by atoms with Crippen molar-refractivity contribution in [1.82, 2.24) is 15.0 Å². The number of carbonyl (C=O) groups excluding carboxylic acids is 1. The predicted octanol–water partition coefficient (Wildman–Crippen LogP) is 11.3. The Balaban J connectivity index is 0.908.